The van der Waals surface area contributed by atoms with Gasteiger partial charge in [-0.2, -0.15) is 5.10 Å². The van der Waals surface area contributed by atoms with Crippen LogP contribution >= 0.6 is 23.2 Å². The van der Waals surface area contributed by atoms with Gasteiger partial charge in [-0.1, -0.05) is 47.5 Å². The number of amides is 1. The summed E-state index contributed by atoms with van der Waals surface area (Å²) in [6.07, 6.45) is 0.521. The van der Waals surface area contributed by atoms with E-state index < -0.39 is 0 Å². The average Bonchev–Trinajstić information content (AvgIpc) is 2.79. The number of hydrazone groups is 1. The number of benzene rings is 2. The molecule has 112 valence electrons. The zero-order valence-corrected chi connectivity index (χ0v) is 13.5. The van der Waals surface area contributed by atoms with Crippen LogP contribution in [0.5, 0.6) is 0 Å². The molecule has 1 amide bonds. The third-order valence-corrected chi connectivity index (χ3v) is 4.30. The van der Waals surface area contributed by atoms with Crippen LogP contribution in [0.1, 0.15) is 12.5 Å². The van der Waals surface area contributed by atoms with Crippen molar-refractivity contribution in [2.24, 2.45) is 11.0 Å². The van der Waals surface area contributed by atoms with Crippen molar-refractivity contribution in [2.75, 3.05) is 5.01 Å². The number of carbonyl (C=O) groups is 1. The van der Waals surface area contributed by atoms with Gasteiger partial charge >= 0.3 is 0 Å². The standard InChI is InChI=1S/C17H14Cl2N2O/c1-11-15(9-12-7-8-13(18)10-16(12)19)17(22)21(20-11)14-5-3-2-4-6-14/h2-8,10,15H,9H2,1H3/t15-/m1/s1. The molecule has 1 heterocycles. The quantitative estimate of drug-likeness (QED) is 0.809. The van der Waals surface area contributed by atoms with Crippen LogP contribution in [0.15, 0.2) is 53.6 Å². The summed E-state index contributed by atoms with van der Waals surface area (Å²) in [6, 6.07) is 14.7. The number of carbonyl (C=O) groups excluding carboxylic acids is 1. The molecule has 0 radical (unpaired) electrons. The number of nitrogens with zero attached hydrogens (tertiary/aromatic N) is 2. The van der Waals surface area contributed by atoms with Crippen LogP contribution in [0.4, 0.5) is 5.69 Å². The van der Waals surface area contributed by atoms with E-state index in [-0.39, 0.29) is 11.8 Å². The second kappa shape index (κ2) is 6.11. The maximum atomic E-state index is 12.6. The van der Waals surface area contributed by atoms with Crippen molar-refractivity contribution in [3.8, 4) is 0 Å². The van der Waals surface area contributed by atoms with Gasteiger partial charge in [-0.15, -0.1) is 0 Å². The smallest absolute Gasteiger partial charge is 0.256 e. The molecule has 0 aromatic heterocycles. The lowest BCUT2D eigenvalue weighted by Gasteiger charge is -2.15. The highest BCUT2D eigenvalue weighted by Gasteiger charge is 2.34. The second-order valence-electron chi connectivity index (χ2n) is 5.22. The highest BCUT2D eigenvalue weighted by Crippen LogP contribution is 2.29. The molecule has 0 aliphatic carbocycles. The summed E-state index contributed by atoms with van der Waals surface area (Å²) in [6.45, 7) is 1.87. The van der Waals surface area contributed by atoms with Crippen LogP contribution in [0.25, 0.3) is 0 Å². The summed E-state index contributed by atoms with van der Waals surface area (Å²) in [7, 11) is 0. The third kappa shape index (κ3) is 2.87. The van der Waals surface area contributed by atoms with Crippen molar-refractivity contribution >= 4 is 40.5 Å². The predicted octanol–water partition coefficient (Wildman–Crippen LogP) is 4.57. The molecule has 3 rings (SSSR count). The van der Waals surface area contributed by atoms with Gasteiger partial charge in [0.05, 0.1) is 11.6 Å². The molecule has 0 spiro atoms. The molecular formula is C17H14Cl2N2O. The van der Waals surface area contributed by atoms with Crippen molar-refractivity contribution in [3.63, 3.8) is 0 Å². The highest BCUT2D eigenvalue weighted by molar-refractivity contribution is 6.35. The van der Waals surface area contributed by atoms with Crippen LogP contribution in [-0.4, -0.2) is 11.6 Å². The molecule has 3 nitrogen and oxygen atoms in total. The monoisotopic (exact) mass is 332 g/mol. The van der Waals surface area contributed by atoms with Crippen LogP contribution in [0.2, 0.25) is 10.0 Å². The van der Waals surface area contributed by atoms with Gasteiger partial charge in [0.25, 0.3) is 5.91 Å². The number of hydrogen-bond donors (Lipinski definition) is 0. The van der Waals surface area contributed by atoms with Crippen molar-refractivity contribution in [1.82, 2.24) is 0 Å². The van der Waals surface area contributed by atoms with Gasteiger partial charge in [0.15, 0.2) is 0 Å². The van der Waals surface area contributed by atoms with Gasteiger partial charge in [0.2, 0.25) is 0 Å². The van der Waals surface area contributed by atoms with Crippen LogP contribution in [0.3, 0.4) is 0 Å². The van der Waals surface area contributed by atoms with Crippen molar-refractivity contribution < 1.29 is 4.79 Å². The van der Waals surface area contributed by atoms with E-state index >= 15 is 0 Å². The molecule has 0 fully saturated rings. The number of rotatable bonds is 3. The Balaban J connectivity index is 1.84. The van der Waals surface area contributed by atoms with E-state index in [1.54, 1.807) is 12.1 Å². The van der Waals surface area contributed by atoms with E-state index in [2.05, 4.69) is 5.10 Å². The lowest BCUT2D eigenvalue weighted by molar-refractivity contribution is -0.119. The second-order valence-corrected chi connectivity index (χ2v) is 6.06. The van der Waals surface area contributed by atoms with Crippen molar-refractivity contribution in [3.05, 3.63) is 64.1 Å². The van der Waals surface area contributed by atoms with E-state index in [1.807, 2.05) is 43.3 Å². The van der Waals surface area contributed by atoms with Gasteiger partial charge < -0.3 is 0 Å². The Morgan fingerprint density at radius 2 is 1.86 bits per heavy atom. The van der Waals surface area contributed by atoms with E-state index in [0.29, 0.717) is 16.5 Å². The summed E-state index contributed by atoms with van der Waals surface area (Å²) in [5, 5.41) is 7.02. The molecule has 0 N–H and O–H groups in total. The Kier molecular flexibility index (Phi) is 4.19. The summed E-state index contributed by atoms with van der Waals surface area (Å²) < 4.78 is 0. The minimum atomic E-state index is -0.293. The van der Waals surface area contributed by atoms with Crippen LogP contribution < -0.4 is 5.01 Å². The molecule has 0 saturated heterocycles. The first-order valence-corrected chi connectivity index (χ1v) is 7.70. The van der Waals surface area contributed by atoms with E-state index in [1.165, 1.54) is 5.01 Å². The molecule has 0 saturated carbocycles. The van der Waals surface area contributed by atoms with Gasteiger partial charge in [0, 0.05) is 15.8 Å². The fourth-order valence-corrected chi connectivity index (χ4v) is 2.98. The Hall–Kier alpha value is -1.84. The van der Waals surface area contributed by atoms with Crippen LogP contribution in [0, 0.1) is 5.92 Å². The topological polar surface area (TPSA) is 32.7 Å². The summed E-state index contributed by atoms with van der Waals surface area (Å²) in [5.41, 5.74) is 2.46. The average molecular weight is 333 g/mol. The Morgan fingerprint density at radius 1 is 1.14 bits per heavy atom. The first-order valence-electron chi connectivity index (χ1n) is 6.94. The van der Waals surface area contributed by atoms with E-state index in [0.717, 1.165) is 17.0 Å². The molecular weight excluding hydrogens is 319 g/mol. The van der Waals surface area contributed by atoms with Gasteiger partial charge in [-0.3, -0.25) is 4.79 Å². The molecule has 1 aliphatic heterocycles. The Morgan fingerprint density at radius 3 is 2.55 bits per heavy atom. The summed E-state index contributed by atoms with van der Waals surface area (Å²) >= 11 is 12.1. The van der Waals surface area contributed by atoms with Crippen LogP contribution in [-0.2, 0) is 11.2 Å². The number of para-hydroxylation sites is 1. The van der Waals surface area contributed by atoms with Gasteiger partial charge in [-0.05, 0) is 43.2 Å². The lowest BCUT2D eigenvalue weighted by atomic mass is 9.95. The Bertz CT molecular complexity index is 744. The fraction of sp³-hybridized carbons (Fsp3) is 0.176. The maximum Gasteiger partial charge on any atom is 0.256 e. The number of hydrogen-bond acceptors (Lipinski definition) is 2. The minimum Gasteiger partial charge on any atom is -0.272 e. The Labute approximate surface area is 139 Å². The molecule has 1 aliphatic rings. The van der Waals surface area contributed by atoms with E-state index in [4.69, 9.17) is 23.2 Å². The molecule has 2 aromatic carbocycles. The van der Waals surface area contributed by atoms with Gasteiger partial charge in [-0.25, -0.2) is 5.01 Å². The molecule has 2 aromatic rings. The summed E-state index contributed by atoms with van der Waals surface area (Å²) in [4.78, 5) is 12.6. The lowest BCUT2D eigenvalue weighted by Crippen LogP contribution is -2.28. The van der Waals surface area contributed by atoms with Crippen molar-refractivity contribution in [1.29, 1.82) is 0 Å². The normalized spacial score (nSPS) is 17.8. The molecule has 0 unspecified atom stereocenters. The number of anilines is 1. The SMILES string of the molecule is CC1=NN(c2ccccc2)C(=O)[C@@H]1Cc1ccc(Cl)cc1Cl. The largest absolute Gasteiger partial charge is 0.272 e. The highest BCUT2D eigenvalue weighted by atomic mass is 35.5. The number of halogens is 2. The first-order chi connectivity index (χ1) is 10.6. The fourth-order valence-electron chi connectivity index (χ4n) is 2.50. The zero-order valence-electron chi connectivity index (χ0n) is 12.0. The predicted molar refractivity (Wildman–Crippen MR) is 90.7 cm³/mol. The molecule has 5 heteroatoms. The van der Waals surface area contributed by atoms with Gasteiger partial charge in [0.1, 0.15) is 0 Å². The molecule has 1 atom stereocenters. The molecule has 22 heavy (non-hydrogen) atoms. The summed E-state index contributed by atoms with van der Waals surface area (Å²) in [5.74, 6) is -0.325. The zero-order chi connectivity index (χ0) is 15.7. The third-order valence-electron chi connectivity index (χ3n) is 3.71. The first kappa shape index (κ1) is 15.1. The minimum absolute atomic E-state index is 0.0327. The van der Waals surface area contributed by atoms with E-state index in [9.17, 15) is 4.79 Å². The molecule has 0 bridgehead atoms. The maximum absolute atomic E-state index is 12.6. The van der Waals surface area contributed by atoms with Crippen molar-refractivity contribution in [2.45, 2.75) is 13.3 Å².